The molecule has 0 saturated heterocycles. The zero-order valence-corrected chi connectivity index (χ0v) is 33.2. The summed E-state index contributed by atoms with van der Waals surface area (Å²) >= 11 is 0. The first kappa shape index (κ1) is 37.6. The first-order valence-corrected chi connectivity index (χ1v) is 17.0. The molecule has 2 aromatic rings. The van der Waals surface area contributed by atoms with E-state index in [1.54, 1.807) is 16.7 Å². The normalized spacial score (nSPS) is 14.9. The van der Waals surface area contributed by atoms with E-state index in [2.05, 4.69) is 177 Å². The molecule has 2 aromatic carbocycles. The van der Waals surface area contributed by atoms with Crippen LogP contribution in [0.25, 0.3) is 0 Å². The Labute approximate surface area is 270 Å². The SMILES string of the molecule is CC(C)(C)c1ccc(C(C)(C)c2c(C(C)(C)C)cc(C(C)(C)C)c(C(C)(C)C)c2C(C)(C)C)c(C(C)(C)C)c1C(C)(C)C. The summed E-state index contributed by atoms with van der Waals surface area (Å²) in [6.07, 6.45) is 0. The average molecular weight is 589 g/mol. The van der Waals surface area contributed by atoms with E-state index in [0.29, 0.717) is 0 Å². The molecule has 43 heavy (non-hydrogen) atoms. The lowest BCUT2D eigenvalue weighted by Gasteiger charge is -2.47. The Morgan fingerprint density at radius 3 is 0.814 bits per heavy atom. The summed E-state index contributed by atoms with van der Waals surface area (Å²) in [4.78, 5) is 0. The molecule has 0 N–H and O–H groups in total. The third-order valence-electron chi connectivity index (χ3n) is 9.26. The molecule has 0 amide bonds. The molecule has 0 bridgehead atoms. The van der Waals surface area contributed by atoms with E-state index < -0.39 is 0 Å². The quantitative estimate of drug-likeness (QED) is 0.327. The maximum atomic E-state index is 2.62. The minimum atomic E-state index is -0.222. The van der Waals surface area contributed by atoms with Gasteiger partial charge in [0.15, 0.2) is 0 Å². The van der Waals surface area contributed by atoms with E-state index in [-0.39, 0.29) is 43.3 Å². The zero-order chi connectivity index (χ0) is 34.3. The Morgan fingerprint density at radius 1 is 0.256 bits per heavy atom. The van der Waals surface area contributed by atoms with Crippen molar-refractivity contribution in [1.82, 2.24) is 0 Å². The first-order valence-electron chi connectivity index (χ1n) is 17.0. The van der Waals surface area contributed by atoms with Crippen LogP contribution in [0, 0.1) is 0 Å². The van der Waals surface area contributed by atoms with Gasteiger partial charge in [0.25, 0.3) is 0 Å². The highest BCUT2D eigenvalue weighted by atomic mass is 14.5. The van der Waals surface area contributed by atoms with Crippen molar-refractivity contribution in [2.24, 2.45) is 0 Å². The largest absolute Gasteiger partial charge is 0.0579 e. The molecule has 0 aliphatic rings. The Kier molecular flexibility index (Phi) is 9.42. The van der Waals surface area contributed by atoms with Gasteiger partial charge >= 0.3 is 0 Å². The Balaban J connectivity index is 3.51. The fraction of sp³-hybridized carbons (Fsp3) is 0.721. The van der Waals surface area contributed by atoms with Gasteiger partial charge in [-0.25, -0.2) is 0 Å². The van der Waals surface area contributed by atoms with Gasteiger partial charge in [-0.15, -0.1) is 0 Å². The molecular formula is C43H72. The second-order valence-corrected chi connectivity index (χ2v) is 21.4. The highest BCUT2D eigenvalue weighted by molar-refractivity contribution is 5.63. The maximum Gasteiger partial charge on any atom is 0.0155 e. The molecule has 0 aliphatic carbocycles. The molecule has 0 spiro atoms. The van der Waals surface area contributed by atoms with Crippen LogP contribution in [0.2, 0.25) is 0 Å². The maximum absolute atomic E-state index is 2.62. The second-order valence-electron chi connectivity index (χ2n) is 21.4. The summed E-state index contributed by atoms with van der Waals surface area (Å²) in [6, 6.07) is 7.62. The Morgan fingerprint density at radius 2 is 0.512 bits per heavy atom. The van der Waals surface area contributed by atoms with Gasteiger partial charge in [0.2, 0.25) is 0 Å². The van der Waals surface area contributed by atoms with Crippen LogP contribution in [0.1, 0.15) is 209 Å². The van der Waals surface area contributed by atoms with Gasteiger partial charge in [-0.05, 0) is 88.0 Å². The zero-order valence-electron chi connectivity index (χ0n) is 33.2. The molecule has 2 rings (SSSR count). The number of hydrogen-bond acceptors (Lipinski definition) is 0. The third kappa shape index (κ3) is 7.47. The third-order valence-corrected chi connectivity index (χ3v) is 9.26. The van der Waals surface area contributed by atoms with E-state index in [9.17, 15) is 0 Å². The highest BCUT2D eigenvalue weighted by Gasteiger charge is 2.44. The molecule has 0 heteroatoms. The van der Waals surface area contributed by atoms with Crippen LogP contribution in [0.5, 0.6) is 0 Å². The van der Waals surface area contributed by atoms with Crippen molar-refractivity contribution < 1.29 is 0 Å². The first-order chi connectivity index (χ1) is 18.6. The predicted octanol–water partition coefficient (Wildman–Crippen LogP) is 13.1. The molecule has 0 aromatic heterocycles. The lowest BCUT2D eigenvalue weighted by molar-refractivity contribution is 0.457. The second kappa shape index (κ2) is 10.8. The van der Waals surface area contributed by atoms with Crippen molar-refractivity contribution in [3.8, 4) is 0 Å². The van der Waals surface area contributed by atoms with Gasteiger partial charge in [-0.1, -0.05) is 177 Å². The summed E-state index contributed by atoms with van der Waals surface area (Å²) in [6.45, 7) is 55.9. The van der Waals surface area contributed by atoms with Crippen molar-refractivity contribution in [3.63, 3.8) is 0 Å². The molecule has 0 aliphatic heterocycles. The van der Waals surface area contributed by atoms with E-state index in [0.717, 1.165) is 0 Å². The molecule has 244 valence electrons. The van der Waals surface area contributed by atoms with E-state index in [1.807, 2.05) is 0 Å². The molecule has 0 unspecified atom stereocenters. The van der Waals surface area contributed by atoms with Crippen molar-refractivity contribution in [2.45, 2.75) is 203 Å². The summed E-state index contributed by atoms with van der Waals surface area (Å²) in [7, 11) is 0. The Hall–Kier alpha value is -1.56. The van der Waals surface area contributed by atoms with Gasteiger partial charge in [-0.2, -0.15) is 0 Å². The lowest BCUT2D eigenvalue weighted by atomic mass is 9.57. The van der Waals surface area contributed by atoms with E-state index >= 15 is 0 Å². The van der Waals surface area contributed by atoms with Gasteiger partial charge in [0.05, 0.1) is 0 Å². The lowest BCUT2D eigenvalue weighted by Crippen LogP contribution is -2.38. The fourth-order valence-electron chi connectivity index (χ4n) is 7.49. The molecule has 0 fully saturated rings. The molecule has 0 radical (unpaired) electrons. The predicted molar refractivity (Wildman–Crippen MR) is 196 cm³/mol. The molecule has 0 nitrogen and oxygen atoms in total. The van der Waals surface area contributed by atoms with Crippen LogP contribution < -0.4 is 0 Å². The minimum absolute atomic E-state index is 0.00594. The van der Waals surface area contributed by atoms with Crippen LogP contribution in [-0.2, 0) is 43.3 Å². The van der Waals surface area contributed by atoms with Gasteiger partial charge < -0.3 is 0 Å². The average Bonchev–Trinajstić information content (AvgIpc) is 2.72. The monoisotopic (exact) mass is 589 g/mol. The highest BCUT2D eigenvalue weighted by Crippen LogP contribution is 2.53. The standard InChI is InChI=1S/C43H72/c1-36(2,3)27-24-25-28(32(40(13,14)15)31(27)39(10,11)12)43(22,23)34-30(38(7,8)9)26-29(37(4,5)6)33(41(16,17)18)35(34)42(19,20)21/h24-26H,1-23H3. The van der Waals surface area contributed by atoms with Crippen molar-refractivity contribution in [1.29, 1.82) is 0 Å². The molecule has 0 saturated carbocycles. The van der Waals surface area contributed by atoms with Crippen LogP contribution in [0.15, 0.2) is 18.2 Å². The molecule has 0 atom stereocenters. The number of rotatable bonds is 2. The summed E-state index contributed by atoms with van der Waals surface area (Å²) < 4.78 is 0. The molecule has 0 heterocycles. The summed E-state index contributed by atoms with van der Waals surface area (Å²) in [5, 5.41) is 0. The fourth-order valence-corrected chi connectivity index (χ4v) is 7.49. The van der Waals surface area contributed by atoms with E-state index in [1.165, 1.54) is 33.4 Å². The summed E-state index contributed by atoms with van der Waals surface area (Å²) in [5.41, 5.74) is 13.5. The van der Waals surface area contributed by atoms with Gasteiger partial charge in [-0.3, -0.25) is 0 Å². The van der Waals surface area contributed by atoms with Crippen molar-refractivity contribution >= 4 is 0 Å². The smallest absolute Gasteiger partial charge is 0.0155 e. The number of benzene rings is 2. The minimum Gasteiger partial charge on any atom is -0.0579 e. The van der Waals surface area contributed by atoms with Crippen molar-refractivity contribution in [3.05, 3.63) is 68.3 Å². The van der Waals surface area contributed by atoms with E-state index in [4.69, 9.17) is 0 Å². The number of hydrogen-bond donors (Lipinski definition) is 0. The summed E-state index contributed by atoms with van der Waals surface area (Å²) in [5.74, 6) is 0. The van der Waals surface area contributed by atoms with Crippen LogP contribution in [-0.4, -0.2) is 0 Å². The van der Waals surface area contributed by atoms with Gasteiger partial charge in [0.1, 0.15) is 0 Å². The van der Waals surface area contributed by atoms with Crippen molar-refractivity contribution in [2.75, 3.05) is 0 Å². The van der Waals surface area contributed by atoms with Crippen LogP contribution >= 0.6 is 0 Å². The van der Waals surface area contributed by atoms with Gasteiger partial charge in [0, 0.05) is 5.41 Å². The van der Waals surface area contributed by atoms with Crippen LogP contribution in [0.4, 0.5) is 0 Å². The topological polar surface area (TPSA) is 0 Å². The van der Waals surface area contributed by atoms with Crippen LogP contribution in [0.3, 0.4) is 0 Å². The molecular weight excluding hydrogens is 516 g/mol. The Bertz CT molecular complexity index is 1320.